The Morgan fingerprint density at radius 2 is 1.71 bits per heavy atom. The molecule has 0 aliphatic heterocycles. The van der Waals surface area contributed by atoms with Gasteiger partial charge in [0.15, 0.2) is 0 Å². The second-order valence-electron chi connectivity index (χ2n) is 4.44. The van der Waals surface area contributed by atoms with Gasteiger partial charge in [-0.2, -0.15) is 0 Å². The maximum absolute atomic E-state index is 13.4. The fraction of sp³-hybridized carbons (Fsp3) is 0.133. The van der Waals surface area contributed by atoms with Crippen LogP contribution in [-0.2, 0) is 0 Å². The standard InChI is InChI=1S/C15H13BrF2N2O/c1-9(10-5-2-3-6-11(10)16)19-15(21)20-14-12(17)7-4-8-13(14)18/h2-9H,1H3,(H2,19,20,21)/t9-/m1/s1. The first-order chi connectivity index (χ1) is 9.99. The highest BCUT2D eigenvalue weighted by atomic mass is 79.9. The molecule has 2 amide bonds. The molecule has 0 aliphatic carbocycles. The van der Waals surface area contributed by atoms with Gasteiger partial charge in [0.2, 0.25) is 0 Å². The Bertz CT molecular complexity index is 644. The smallest absolute Gasteiger partial charge is 0.319 e. The zero-order valence-corrected chi connectivity index (χ0v) is 12.7. The molecule has 21 heavy (non-hydrogen) atoms. The minimum Gasteiger partial charge on any atom is -0.331 e. The molecule has 1 atom stereocenters. The van der Waals surface area contributed by atoms with Gasteiger partial charge < -0.3 is 10.6 Å². The van der Waals surface area contributed by atoms with Crippen LogP contribution in [0.1, 0.15) is 18.5 Å². The summed E-state index contributed by atoms with van der Waals surface area (Å²) in [6.45, 7) is 1.78. The lowest BCUT2D eigenvalue weighted by molar-refractivity contribution is 0.249. The van der Waals surface area contributed by atoms with Gasteiger partial charge in [0, 0.05) is 4.47 Å². The molecule has 0 bridgehead atoms. The number of anilines is 1. The molecule has 110 valence electrons. The summed E-state index contributed by atoms with van der Waals surface area (Å²) in [5, 5.41) is 4.81. The number of hydrogen-bond acceptors (Lipinski definition) is 1. The van der Waals surface area contributed by atoms with Crippen molar-refractivity contribution in [3.63, 3.8) is 0 Å². The fourth-order valence-corrected chi connectivity index (χ4v) is 2.50. The minimum atomic E-state index is -0.821. The number of halogens is 3. The van der Waals surface area contributed by atoms with Crippen LogP contribution in [0.15, 0.2) is 46.9 Å². The van der Waals surface area contributed by atoms with E-state index in [1.165, 1.54) is 6.07 Å². The molecule has 0 unspecified atom stereocenters. The Kier molecular flexibility index (Phi) is 4.90. The van der Waals surface area contributed by atoms with Crippen molar-refractivity contribution >= 4 is 27.6 Å². The highest BCUT2D eigenvalue weighted by molar-refractivity contribution is 9.10. The first-order valence-corrected chi connectivity index (χ1v) is 7.04. The first kappa shape index (κ1) is 15.4. The van der Waals surface area contributed by atoms with Gasteiger partial charge in [-0.05, 0) is 30.7 Å². The predicted molar refractivity (Wildman–Crippen MR) is 81.1 cm³/mol. The van der Waals surface area contributed by atoms with Gasteiger partial charge in [-0.25, -0.2) is 13.6 Å². The molecule has 0 spiro atoms. The Morgan fingerprint density at radius 3 is 2.33 bits per heavy atom. The molecule has 0 saturated carbocycles. The van der Waals surface area contributed by atoms with Crippen LogP contribution in [0.25, 0.3) is 0 Å². The summed E-state index contributed by atoms with van der Waals surface area (Å²) >= 11 is 3.39. The van der Waals surface area contributed by atoms with E-state index < -0.39 is 23.4 Å². The van der Waals surface area contributed by atoms with Crippen LogP contribution in [0, 0.1) is 11.6 Å². The number of carbonyl (C=O) groups excluding carboxylic acids is 1. The van der Waals surface area contributed by atoms with Gasteiger partial charge >= 0.3 is 6.03 Å². The number of urea groups is 1. The molecule has 2 rings (SSSR count). The lowest BCUT2D eigenvalue weighted by Gasteiger charge is -2.16. The molecule has 0 saturated heterocycles. The van der Waals surface area contributed by atoms with E-state index in [0.29, 0.717) is 0 Å². The van der Waals surface area contributed by atoms with Crippen molar-refractivity contribution in [1.82, 2.24) is 5.32 Å². The highest BCUT2D eigenvalue weighted by Gasteiger charge is 2.15. The van der Waals surface area contributed by atoms with Crippen molar-refractivity contribution < 1.29 is 13.6 Å². The van der Waals surface area contributed by atoms with Crippen molar-refractivity contribution in [3.8, 4) is 0 Å². The van der Waals surface area contributed by atoms with Gasteiger partial charge in [0.25, 0.3) is 0 Å². The monoisotopic (exact) mass is 354 g/mol. The molecule has 0 aliphatic rings. The lowest BCUT2D eigenvalue weighted by atomic mass is 10.1. The predicted octanol–water partition coefficient (Wildman–Crippen LogP) is 4.61. The zero-order valence-electron chi connectivity index (χ0n) is 11.2. The number of amides is 2. The molecule has 2 aromatic rings. The van der Waals surface area contributed by atoms with Crippen LogP contribution in [0.3, 0.4) is 0 Å². The summed E-state index contributed by atoms with van der Waals surface area (Å²) < 4.78 is 27.7. The van der Waals surface area contributed by atoms with E-state index in [1.54, 1.807) is 6.92 Å². The zero-order chi connectivity index (χ0) is 15.4. The SMILES string of the molecule is C[C@@H](NC(=O)Nc1c(F)cccc1F)c1ccccc1Br. The van der Waals surface area contributed by atoms with Crippen molar-refractivity contribution in [3.05, 3.63) is 64.1 Å². The lowest BCUT2D eigenvalue weighted by Crippen LogP contribution is -2.32. The van der Waals surface area contributed by atoms with E-state index in [1.807, 2.05) is 24.3 Å². The summed E-state index contributed by atoms with van der Waals surface area (Å²) in [4.78, 5) is 11.8. The topological polar surface area (TPSA) is 41.1 Å². The Labute approximate surface area is 129 Å². The molecule has 2 N–H and O–H groups in total. The summed E-state index contributed by atoms with van der Waals surface area (Å²) in [7, 11) is 0. The summed E-state index contributed by atoms with van der Waals surface area (Å²) in [6, 6.07) is 9.78. The van der Waals surface area contributed by atoms with Crippen LogP contribution in [0.4, 0.5) is 19.3 Å². The molecule has 0 heterocycles. The summed E-state index contributed by atoms with van der Waals surface area (Å²) in [5.41, 5.74) is 0.399. The maximum atomic E-state index is 13.4. The van der Waals surface area contributed by atoms with Crippen LogP contribution >= 0.6 is 15.9 Å². The fourth-order valence-electron chi connectivity index (χ4n) is 1.87. The van der Waals surface area contributed by atoms with Crippen molar-refractivity contribution in [2.24, 2.45) is 0 Å². The summed E-state index contributed by atoms with van der Waals surface area (Å²) in [6.07, 6.45) is 0. The first-order valence-electron chi connectivity index (χ1n) is 6.25. The van der Waals surface area contributed by atoms with Gasteiger partial charge in [-0.1, -0.05) is 40.2 Å². The van der Waals surface area contributed by atoms with E-state index in [-0.39, 0.29) is 6.04 Å². The van der Waals surface area contributed by atoms with E-state index in [4.69, 9.17) is 0 Å². The average molecular weight is 355 g/mol. The quantitative estimate of drug-likeness (QED) is 0.830. The molecule has 0 fully saturated rings. The average Bonchev–Trinajstić information content (AvgIpc) is 2.43. The molecular weight excluding hydrogens is 342 g/mol. The van der Waals surface area contributed by atoms with Gasteiger partial charge in [0.1, 0.15) is 17.3 Å². The van der Waals surface area contributed by atoms with E-state index >= 15 is 0 Å². The van der Waals surface area contributed by atoms with Gasteiger partial charge in [0.05, 0.1) is 6.04 Å². The normalized spacial score (nSPS) is 11.8. The van der Waals surface area contributed by atoms with E-state index in [9.17, 15) is 13.6 Å². The number of hydrogen-bond donors (Lipinski definition) is 2. The summed E-state index contributed by atoms with van der Waals surface area (Å²) in [5.74, 6) is -1.64. The van der Waals surface area contributed by atoms with E-state index in [0.717, 1.165) is 22.2 Å². The largest absolute Gasteiger partial charge is 0.331 e. The molecule has 0 radical (unpaired) electrons. The highest BCUT2D eigenvalue weighted by Crippen LogP contribution is 2.23. The second-order valence-corrected chi connectivity index (χ2v) is 5.29. The number of para-hydroxylation sites is 1. The van der Waals surface area contributed by atoms with Crippen LogP contribution in [0.2, 0.25) is 0 Å². The Morgan fingerprint density at radius 1 is 1.10 bits per heavy atom. The second kappa shape index (κ2) is 6.67. The number of nitrogens with one attached hydrogen (secondary N) is 2. The number of carbonyl (C=O) groups is 1. The van der Waals surface area contributed by atoms with Crippen molar-refractivity contribution in [2.75, 3.05) is 5.32 Å². The third kappa shape index (κ3) is 3.78. The Balaban J connectivity index is 2.07. The molecular formula is C15H13BrF2N2O. The minimum absolute atomic E-state index is 0.324. The van der Waals surface area contributed by atoms with Crippen LogP contribution < -0.4 is 10.6 Å². The molecule has 6 heteroatoms. The maximum Gasteiger partial charge on any atom is 0.319 e. The van der Waals surface area contributed by atoms with Gasteiger partial charge in [-0.15, -0.1) is 0 Å². The van der Waals surface area contributed by atoms with Crippen LogP contribution in [-0.4, -0.2) is 6.03 Å². The third-order valence-electron chi connectivity index (χ3n) is 2.92. The molecule has 2 aromatic carbocycles. The molecule has 3 nitrogen and oxygen atoms in total. The van der Waals surface area contributed by atoms with Crippen molar-refractivity contribution in [2.45, 2.75) is 13.0 Å². The van der Waals surface area contributed by atoms with Crippen LogP contribution in [0.5, 0.6) is 0 Å². The molecule has 0 aromatic heterocycles. The van der Waals surface area contributed by atoms with Crippen molar-refractivity contribution in [1.29, 1.82) is 0 Å². The third-order valence-corrected chi connectivity index (χ3v) is 3.64. The van der Waals surface area contributed by atoms with Gasteiger partial charge in [-0.3, -0.25) is 0 Å². The number of rotatable bonds is 3. The Hall–Kier alpha value is -1.95. The van der Waals surface area contributed by atoms with E-state index in [2.05, 4.69) is 26.6 Å². The number of benzene rings is 2.